The van der Waals surface area contributed by atoms with Gasteiger partial charge >= 0.3 is 0 Å². The van der Waals surface area contributed by atoms with Crippen molar-refractivity contribution in [2.75, 3.05) is 0 Å². The van der Waals surface area contributed by atoms with Gasteiger partial charge in [0, 0.05) is 15.8 Å². The number of rotatable bonds is 4. The van der Waals surface area contributed by atoms with E-state index in [0.717, 1.165) is 30.2 Å². The van der Waals surface area contributed by atoms with Crippen LogP contribution in [0.4, 0.5) is 8.78 Å². The quantitative estimate of drug-likeness (QED) is 0.737. The number of halogens is 2. The summed E-state index contributed by atoms with van der Waals surface area (Å²) in [6.45, 7) is 1.49. The summed E-state index contributed by atoms with van der Waals surface area (Å²) in [5.41, 5.74) is 0.946. The molecule has 1 aliphatic carbocycles. The van der Waals surface area contributed by atoms with E-state index in [0.29, 0.717) is 0 Å². The predicted octanol–water partition coefficient (Wildman–Crippen LogP) is 3.80. The molecule has 0 heterocycles. The molecule has 0 saturated heterocycles. The molecule has 0 nitrogen and oxygen atoms in total. The summed E-state index contributed by atoms with van der Waals surface area (Å²) >= 11 is 0. The van der Waals surface area contributed by atoms with E-state index in [1.807, 2.05) is 0 Å². The second kappa shape index (κ2) is 6.64. The molecule has 19 heavy (non-hydrogen) atoms. The smallest absolute Gasteiger partial charge is 0.129 e. The van der Waals surface area contributed by atoms with Crippen molar-refractivity contribution in [2.45, 2.75) is 51.5 Å². The molecule has 1 aromatic rings. The first-order valence-corrected chi connectivity index (χ1v) is 8.96. The fourth-order valence-corrected chi connectivity index (χ4v) is 3.96. The van der Waals surface area contributed by atoms with Crippen LogP contribution in [0.15, 0.2) is 12.1 Å². The summed E-state index contributed by atoms with van der Waals surface area (Å²) in [5, 5.41) is 0. The Morgan fingerprint density at radius 3 is 2.11 bits per heavy atom. The van der Waals surface area contributed by atoms with Gasteiger partial charge in [-0.25, -0.2) is 8.78 Å². The van der Waals surface area contributed by atoms with Gasteiger partial charge in [0.1, 0.15) is 11.6 Å². The van der Waals surface area contributed by atoms with Crippen LogP contribution >= 0.6 is 0 Å². The van der Waals surface area contributed by atoms with Gasteiger partial charge in [0.2, 0.25) is 0 Å². The zero-order chi connectivity index (χ0) is 13.8. The molecule has 0 N–H and O–H groups in total. The van der Waals surface area contributed by atoms with Crippen LogP contribution in [0.1, 0.15) is 43.2 Å². The van der Waals surface area contributed by atoms with Crippen LogP contribution in [0.3, 0.4) is 0 Å². The van der Waals surface area contributed by atoms with Crippen molar-refractivity contribution in [1.29, 1.82) is 0 Å². The second-order valence-electron chi connectivity index (χ2n) is 6.02. The molecule has 3 heteroatoms. The van der Waals surface area contributed by atoms with Gasteiger partial charge < -0.3 is 0 Å². The zero-order valence-electron chi connectivity index (χ0n) is 12.0. The van der Waals surface area contributed by atoms with E-state index in [1.165, 1.54) is 61.0 Å². The van der Waals surface area contributed by atoms with Crippen molar-refractivity contribution in [2.24, 2.45) is 11.8 Å². The van der Waals surface area contributed by atoms with Crippen LogP contribution < -0.4 is 0 Å². The fourth-order valence-electron chi connectivity index (χ4n) is 3.14. The highest BCUT2D eigenvalue weighted by atomic mass is 28.1. The van der Waals surface area contributed by atoms with E-state index in [9.17, 15) is 8.78 Å². The van der Waals surface area contributed by atoms with Crippen LogP contribution in [0.2, 0.25) is 6.04 Å². The standard InChI is InChI=1S/C16H24F2Si/c1-11-15(17)8-14(9-16(11)18)7-4-12-2-5-13(10-19)6-3-12/h8-9,12-13H,2-7,10H2,1,19H3. The van der Waals surface area contributed by atoms with Gasteiger partial charge in [-0.3, -0.25) is 0 Å². The molecule has 1 aliphatic rings. The molecule has 0 atom stereocenters. The Morgan fingerprint density at radius 1 is 1.05 bits per heavy atom. The molecular formula is C16H24F2Si. The molecule has 1 fully saturated rings. The van der Waals surface area contributed by atoms with Crippen molar-refractivity contribution in [3.8, 4) is 0 Å². The van der Waals surface area contributed by atoms with Crippen LogP contribution in [-0.4, -0.2) is 10.2 Å². The van der Waals surface area contributed by atoms with E-state index in [1.54, 1.807) is 0 Å². The van der Waals surface area contributed by atoms with Gasteiger partial charge in [0.25, 0.3) is 0 Å². The van der Waals surface area contributed by atoms with Crippen molar-refractivity contribution in [1.82, 2.24) is 0 Å². The average Bonchev–Trinajstić information content (AvgIpc) is 2.43. The molecule has 0 radical (unpaired) electrons. The third-order valence-electron chi connectivity index (χ3n) is 4.73. The van der Waals surface area contributed by atoms with Crippen molar-refractivity contribution in [3.05, 3.63) is 34.9 Å². The molecule has 0 aliphatic heterocycles. The first kappa shape index (κ1) is 14.7. The molecule has 106 valence electrons. The number of hydrogen-bond acceptors (Lipinski definition) is 0. The SMILES string of the molecule is Cc1c(F)cc(CCC2CCC(C[SiH3])CC2)cc1F. The topological polar surface area (TPSA) is 0 Å². The van der Waals surface area contributed by atoms with E-state index < -0.39 is 11.6 Å². The van der Waals surface area contributed by atoms with Crippen molar-refractivity contribution in [3.63, 3.8) is 0 Å². The van der Waals surface area contributed by atoms with E-state index >= 15 is 0 Å². The molecule has 0 bridgehead atoms. The van der Waals surface area contributed by atoms with Crippen LogP contribution in [0.5, 0.6) is 0 Å². The van der Waals surface area contributed by atoms with Crippen LogP contribution in [-0.2, 0) is 6.42 Å². The Bertz CT molecular complexity index is 400. The van der Waals surface area contributed by atoms with Crippen molar-refractivity contribution < 1.29 is 8.78 Å². The number of aryl methyl sites for hydroxylation is 1. The predicted molar refractivity (Wildman–Crippen MR) is 79.6 cm³/mol. The molecular weight excluding hydrogens is 258 g/mol. The third kappa shape index (κ3) is 3.88. The molecule has 0 amide bonds. The molecule has 2 rings (SSSR count). The van der Waals surface area contributed by atoms with Gasteiger partial charge in [0.05, 0.1) is 0 Å². The lowest BCUT2D eigenvalue weighted by Crippen LogP contribution is -2.14. The number of hydrogen-bond donors (Lipinski definition) is 0. The van der Waals surface area contributed by atoms with Gasteiger partial charge in [-0.2, -0.15) is 0 Å². The summed E-state index contributed by atoms with van der Waals surface area (Å²) in [4.78, 5) is 0. The van der Waals surface area contributed by atoms with E-state index in [4.69, 9.17) is 0 Å². The summed E-state index contributed by atoms with van der Waals surface area (Å²) in [7, 11) is 1.32. The Morgan fingerprint density at radius 2 is 1.58 bits per heavy atom. The van der Waals surface area contributed by atoms with Crippen molar-refractivity contribution >= 4 is 10.2 Å². The first-order valence-electron chi connectivity index (χ1n) is 7.54. The van der Waals surface area contributed by atoms with E-state index in [-0.39, 0.29) is 5.56 Å². The molecule has 1 saturated carbocycles. The Kier molecular flexibility index (Phi) is 5.14. The summed E-state index contributed by atoms with van der Waals surface area (Å²) in [6, 6.07) is 4.43. The Hall–Kier alpha value is -0.703. The largest absolute Gasteiger partial charge is 0.207 e. The lowest BCUT2D eigenvalue weighted by Gasteiger charge is -2.27. The van der Waals surface area contributed by atoms with Crippen LogP contribution in [0.25, 0.3) is 0 Å². The number of benzene rings is 1. The zero-order valence-corrected chi connectivity index (χ0v) is 14.0. The fraction of sp³-hybridized carbons (Fsp3) is 0.625. The summed E-state index contributed by atoms with van der Waals surface area (Å²) < 4.78 is 26.9. The van der Waals surface area contributed by atoms with Gasteiger partial charge in [0.15, 0.2) is 0 Å². The van der Waals surface area contributed by atoms with E-state index in [2.05, 4.69) is 0 Å². The minimum atomic E-state index is -0.408. The normalized spacial score (nSPS) is 23.7. The first-order chi connectivity index (χ1) is 9.10. The monoisotopic (exact) mass is 282 g/mol. The Labute approximate surface area is 118 Å². The average molecular weight is 282 g/mol. The van der Waals surface area contributed by atoms with Gasteiger partial charge in [-0.1, -0.05) is 31.7 Å². The lowest BCUT2D eigenvalue weighted by molar-refractivity contribution is 0.278. The highest BCUT2D eigenvalue weighted by Crippen LogP contribution is 2.33. The van der Waals surface area contributed by atoms with Gasteiger partial charge in [-0.05, 0) is 49.3 Å². The minimum Gasteiger partial charge on any atom is -0.207 e. The summed E-state index contributed by atoms with van der Waals surface area (Å²) in [5.74, 6) is 0.915. The third-order valence-corrected chi connectivity index (χ3v) is 5.88. The maximum absolute atomic E-state index is 13.5. The molecule has 1 aromatic carbocycles. The lowest BCUT2D eigenvalue weighted by atomic mass is 9.80. The Balaban J connectivity index is 1.86. The second-order valence-corrected chi connectivity index (χ2v) is 6.83. The maximum atomic E-state index is 13.5. The summed E-state index contributed by atoms with van der Waals surface area (Å²) in [6.07, 6.45) is 7.24. The molecule has 0 spiro atoms. The van der Waals surface area contributed by atoms with Gasteiger partial charge in [-0.15, -0.1) is 0 Å². The highest BCUT2D eigenvalue weighted by molar-refractivity contribution is 6.08. The molecule has 0 unspecified atom stereocenters. The molecule has 0 aromatic heterocycles. The highest BCUT2D eigenvalue weighted by Gasteiger charge is 2.19. The van der Waals surface area contributed by atoms with Crippen LogP contribution in [0, 0.1) is 30.4 Å². The maximum Gasteiger partial charge on any atom is 0.129 e. The minimum absolute atomic E-state index is 0.136.